The van der Waals surface area contributed by atoms with Gasteiger partial charge in [-0.15, -0.1) is 0 Å². The standard InChI is InChI=1S/C25H29ClFN3O3/c1-23(2,3)33-22(32)29-10-8-25(27,9-11-29)16-12-18(15-28-14-16)30-21(31)19-7-6-17(26)13-20(19)24(30,4)5/h6-7,12-15H,8-11H2,1-5H3. The van der Waals surface area contributed by atoms with Gasteiger partial charge in [-0.25, -0.2) is 9.18 Å². The zero-order valence-electron chi connectivity index (χ0n) is 19.6. The molecule has 3 heterocycles. The molecule has 4 rings (SSSR count). The summed E-state index contributed by atoms with van der Waals surface area (Å²) in [7, 11) is 0. The molecule has 1 saturated heterocycles. The van der Waals surface area contributed by atoms with Gasteiger partial charge in [0.2, 0.25) is 0 Å². The number of rotatable bonds is 2. The number of hydrogen-bond donors (Lipinski definition) is 0. The topological polar surface area (TPSA) is 62.7 Å². The van der Waals surface area contributed by atoms with E-state index in [9.17, 15) is 9.59 Å². The van der Waals surface area contributed by atoms with Gasteiger partial charge in [-0.3, -0.25) is 14.7 Å². The lowest BCUT2D eigenvalue weighted by Crippen LogP contribution is -2.45. The van der Waals surface area contributed by atoms with Crippen LogP contribution in [0.25, 0.3) is 0 Å². The van der Waals surface area contributed by atoms with Crippen molar-refractivity contribution in [3.8, 4) is 0 Å². The fourth-order valence-corrected chi connectivity index (χ4v) is 4.77. The van der Waals surface area contributed by atoms with Crippen LogP contribution in [0.5, 0.6) is 0 Å². The van der Waals surface area contributed by atoms with Crippen molar-refractivity contribution in [3.63, 3.8) is 0 Å². The number of anilines is 1. The van der Waals surface area contributed by atoms with Gasteiger partial charge in [0.05, 0.1) is 17.4 Å². The summed E-state index contributed by atoms with van der Waals surface area (Å²) in [4.78, 5) is 33.0. The fraction of sp³-hybridized carbons (Fsp3) is 0.480. The first kappa shape index (κ1) is 23.5. The van der Waals surface area contributed by atoms with Gasteiger partial charge in [0.1, 0.15) is 11.3 Å². The van der Waals surface area contributed by atoms with Crippen LogP contribution in [-0.2, 0) is 15.9 Å². The Labute approximate surface area is 198 Å². The molecule has 2 aliphatic heterocycles. The summed E-state index contributed by atoms with van der Waals surface area (Å²) in [5.41, 5.74) is -0.577. The highest BCUT2D eigenvalue weighted by molar-refractivity contribution is 6.31. The maximum Gasteiger partial charge on any atom is 0.410 e. The number of carbonyl (C=O) groups is 2. The zero-order valence-corrected chi connectivity index (χ0v) is 20.4. The highest BCUT2D eigenvalue weighted by Crippen LogP contribution is 2.44. The largest absolute Gasteiger partial charge is 0.444 e. The Morgan fingerprint density at radius 3 is 2.45 bits per heavy atom. The van der Waals surface area contributed by atoms with E-state index in [0.717, 1.165) is 5.56 Å². The highest BCUT2D eigenvalue weighted by Gasteiger charge is 2.45. The number of fused-ring (bicyclic) bond motifs is 1. The molecule has 0 bridgehead atoms. The normalized spacial score (nSPS) is 19.4. The van der Waals surface area contributed by atoms with E-state index in [2.05, 4.69) is 4.98 Å². The van der Waals surface area contributed by atoms with Crippen LogP contribution in [-0.4, -0.2) is 40.6 Å². The lowest BCUT2D eigenvalue weighted by atomic mass is 9.86. The molecule has 0 radical (unpaired) electrons. The summed E-state index contributed by atoms with van der Waals surface area (Å²) < 4.78 is 21.4. The van der Waals surface area contributed by atoms with Gasteiger partial charge in [-0.05, 0) is 64.4 Å². The molecule has 33 heavy (non-hydrogen) atoms. The lowest BCUT2D eigenvalue weighted by Gasteiger charge is -2.38. The van der Waals surface area contributed by atoms with Crippen molar-refractivity contribution < 1.29 is 18.7 Å². The van der Waals surface area contributed by atoms with Gasteiger partial charge in [0.25, 0.3) is 5.91 Å². The molecule has 0 N–H and O–H groups in total. The molecule has 176 valence electrons. The lowest BCUT2D eigenvalue weighted by molar-refractivity contribution is 0.00212. The number of alkyl halides is 1. The molecule has 8 heteroatoms. The number of carbonyl (C=O) groups excluding carboxylic acids is 2. The molecule has 1 aromatic heterocycles. The second kappa shape index (κ2) is 7.97. The number of ether oxygens (including phenoxy) is 1. The number of pyridine rings is 1. The van der Waals surface area contributed by atoms with Crippen LogP contribution in [0, 0.1) is 0 Å². The number of likely N-dealkylation sites (tertiary alicyclic amines) is 1. The van der Waals surface area contributed by atoms with Gasteiger partial charge in [-0.2, -0.15) is 0 Å². The van der Waals surface area contributed by atoms with Crippen molar-refractivity contribution in [2.75, 3.05) is 18.0 Å². The average Bonchev–Trinajstić information content (AvgIpc) is 2.92. The Kier molecular flexibility index (Phi) is 5.68. The van der Waals surface area contributed by atoms with Crippen molar-refractivity contribution in [1.82, 2.24) is 9.88 Å². The fourth-order valence-electron chi connectivity index (χ4n) is 4.60. The van der Waals surface area contributed by atoms with Crippen molar-refractivity contribution >= 4 is 29.3 Å². The molecule has 2 aromatic rings. The minimum atomic E-state index is -1.65. The number of amides is 2. The predicted octanol–water partition coefficient (Wildman–Crippen LogP) is 5.83. The van der Waals surface area contributed by atoms with Gasteiger partial charge in [0, 0.05) is 48.3 Å². The third-order valence-electron chi connectivity index (χ3n) is 6.34. The van der Waals surface area contributed by atoms with Crippen LogP contribution in [0.1, 0.15) is 68.9 Å². The molecular weight excluding hydrogens is 445 g/mol. The number of nitrogens with zero attached hydrogens (tertiary/aromatic N) is 3. The van der Waals surface area contributed by atoms with Gasteiger partial charge >= 0.3 is 6.09 Å². The molecule has 0 spiro atoms. The van der Waals surface area contributed by atoms with Crippen LogP contribution in [0.2, 0.25) is 5.02 Å². The van der Waals surface area contributed by atoms with E-state index in [4.69, 9.17) is 16.3 Å². The summed E-state index contributed by atoms with van der Waals surface area (Å²) >= 11 is 6.18. The number of halogens is 2. The van der Waals surface area contributed by atoms with Gasteiger partial charge in [0.15, 0.2) is 0 Å². The SMILES string of the molecule is CC(C)(C)OC(=O)N1CCC(F)(c2cncc(N3C(=O)c4ccc(Cl)cc4C3(C)C)c2)CC1. The molecular formula is C25H29ClFN3O3. The molecule has 2 aliphatic rings. The van der Waals surface area contributed by atoms with E-state index in [1.807, 2.05) is 13.8 Å². The summed E-state index contributed by atoms with van der Waals surface area (Å²) in [5.74, 6) is -0.168. The number of benzene rings is 1. The average molecular weight is 474 g/mol. The van der Waals surface area contributed by atoms with Crippen LogP contribution < -0.4 is 4.90 Å². The summed E-state index contributed by atoms with van der Waals surface area (Å²) in [6.45, 7) is 9.77. The predicted molar refractivity (Wildman–Crippen MR) is 125 cm³/mol. The number of aromatic nitrogens is 1. The smallest absolute Gasteiger partial charge is 0.410 e. The summed E-state index contributed by atoms with van der Waals surface area (Å²) in [6.07, 6.45) is 2.91. The molecule has 6 nitrogen and oxygen atoms in total. The van der Waals surface area contributed by atoms with Gasteiger partial charge < -0.3 is 9.64 Å². The highest BCUT2D eigenvalue weighted by atomic mass is 35.5. The van der Waals surface area contributed by atoms with Crippen molar-refractivity contribution in [1.29, 1.82) is 0 Å². The summed E-state index contributed by atoms with van der Waals surface area (Å²) in [6, 6.07) is 6.92. The molecule has 0 atom stereocenters. The van der Waals surface area contributed by atoms with Crippen LogP contribution >= 0.6 is 11.6 Å². The number of piperidine rings is 1. The van der Waals surface area contributed by atoms with Crippen molar-refractivity contribution in [2.24, 2.45) is 0 Å². The van der Waals surface area contributed by atoms with Crippen LogP contribution in [0.3, 0.4) is 0 Å². The van der Waals surface area contributed by atoms with Crippen molar-refractivity contribution in [3.05, 3.63) is 58.4 Å². The maximum absolute atomic E-state index is 16.0. The minimum absolute atomic E-state index is 0.130. The van der Waals surface area contributed by atoms with Crippen molar-refractivity contribution in [2.45, 2.75) is 64.3 Å². The van der Waals surface area contributed by atoms with E-state index in [1.165, 1.54) is 11.1 Å². The first-order valence-electron chi connectivity index (χ1n) is 11.1. The first-order chi connectivity index (χ1) is 15.3. The Balaban J connectivity index is 1.57. The van der Waals surface area contributed by atoms with Crippen LogP contribution in [0.15, 0.2) is 36.7 Å². The Morgan fingerprint density at radius 1 is 1.15 bits per heavy atom. The second-order valence-corrected chi connectivity index (χ2v) is 10.7. The van der Waals surface area contributed by atoms with E-state index >= 15 is 4.39 Å². The third kappa shape index (κ3) is 4.31. The van der Waals surface area contributed by atoms with E-state index in [1.54, 1.807) is 56.1 Å². The quantitative estimate of drug-likeness (QED) is 0.550. The van der Waals surface area contributed by atoms with Crippen LogP contribution in [0.4, 0.5) is 14.9 Å². The molecule has 1 aromatic carbocycles. The molecule has 0 saturated carbocycles. The number of hydrogen-bond acceptors (Lipinski definition) is 4. The molecule has 2 amide bonds. The summed E-state index contributed by atoms with van der Waals surface area (Å²) in [5, 5.41) is 0.558. The van der Waals surface area contributed by atoms with E-state index in [-0.39, 0.29) is 31.8 Å². The van der Waals surface area contributed by atoms with E-state index < -0.39 is 22.9 Å². The van der Waals surface area contributed by atoms with E-state index in [0.29, 0.717) is 21.8 Å². The Hall–Kier alpha value is -2.67. The second-order valence-electron chi connectivity index (χ2n) is 10.3. The molecule has 1 fully saturated rings. The zero-order chi connectivity index (χ0) is 24.2. The van der Waals surface area contributed by atoms with Gasteiger partial charge in [-0.1, -0.05) is 11.6 Å². The minimum Gasteiger partial charge on any atom is -0.444 e. The monoisotopic (exact) mass is 473 g/mol. The third-order valence-corrected chi connectivity index (χ3v) is 6.58. The Morgan fingerprint density at radius 2 is 1.82 bits per heavy atom. The Bertz CT molecular complexity index is 1100. The first-order valence-corrected chi connectivity index (χ1v) is 11.5. The molecule has 0 aliphatic carbocycles. The molecule has 0 unspecified atom stereocenters. The maximum atomic E-state index is 16.0.